The van der Waals surface area contributed by atoms with Crippen molar-refractivity contribution >= 4 is 28.8 Å². The van der Waals surface area contributed by atoms with Crippen LogP contribution < -0.4 is 0 Å². The first-order chi connectivity index (χ1) is 14.1. The number of aliphatic hydroxyl groups excluding tert-OH is 1. The van der Waals surface area contributed by atoms with Gasteiger partial charge < -0.3 is 10.0 Å². The number of halogens is 1. The van der Waals surface area contributed by atoms with Gasteiger partial charge in [0.05, 0.1) is 28.8 Å². The van der Waals surface area contributed by atoms with Crippen molar-refractivity contribution in [3.63, 3.8) is 0 Å². The monoisotopic (exact) mass is 428 g/mol. The van der Waals surface area contributed by atoms with E-state index >= 15 is 0 Å². The van der Waals surface area contributed by atoms with Crippen LogP contribution in [0.1, 0.15) is 58.2 Å². The van der Waals surface area contributed by atoms with Gasteiger partial charge in [-0.1, -0.05) is 35.0 Å². The van der Waals surface area contributed by atoms with Crippen LogP contribution in [0.5, 0.6) is 0 Å². The Morgan fingerprint density at radius 1 is 1.21 bits per heavy atom. The second-order valence-corrected chi connectivity index (χ2v) is 9.15. The van der Waals surface area contributed by atoms with Crippen LogP contribution in [0.3, 0.4) is 0 Å². The number of hydrogen-bond acceptors (Lipinski definition) is 5. The molecular formula is C21H21ClN4O2S. The quantitative estimate of drug-likeness (QED) is 0.680. The van der Waals surface area contributed by atoms with Gasteiger partial charge >= 0.3 is 0 Å². The predicted molar refractivity (Wildman–Crippen MR) is 111 cm³/mol. The normalized spacial score (nSPS) is 24.6. The molecule has 3 atom stereocenters. The van der Waals surface area contributed by atoms with Gasteiger partial charge in [0.25, 0.3) is 5.91 Å². The van der Waals surface area contributed by atoms with Crippen LogP contribution in [0.4, 0.5) is 0 Å². The fourth-order valence-corrected chi connectivity index (χ4v) is 4.84. The molecule has 5 rings (SSSR count). The lowest BCUT2D eigenvalue weighted by molar-refractivity contribution is -0.00384. The summed E-state index contributed by atoms with van der Waals surface area (Å²) in [5.74, 6) is 0.447. The van der Waals surface area contributed by atoms with Crippen molar-refractivity contribution in [3.05, 3.63) is 69.1 Å². The number of likely N-dealkylation sites (tertiary alicyclic amines) is 1. The van der Waals surface area contributed by atoms with Crippen LogP contribution in [0, 0.1) is 0 Å². The highest BCUT2D eigenvalue weighted by Gasteiger charge is 2.40. The summed E-state index contributed by atoms with van der Waals surface area (Å²) in [6.45, 7) is 0.243. The van der Waals surface area contributed by atoms with Crippen molar-refractivity contribution in [1.29, 1.82) is 0 Å². The number of thiophene rings is 1. The Bertz CT molecular complexity index is 1000. The molecule has 1 saturated heterocycles. The topological polar surface area (TPSA) is 71.2 Å². The number of β-amino-alcohol motifs (C(OH)–C–C–N with tert-alkyl or cyclic N) is 1. The third-order valence-electron chi connectivity index (χ3n) is 5.78. The van der Waals surface area contributed by atoms with E-state index in [1.807, 2.05) is 48.0 Å². The minimum Gasteiger partial charge on any atom is -0.389 e. The van der Waals surface area contributed by atoms with Gasteiger partial charge in [-0.15, -0.1) is 16.4 Å². The number of piperidine rings is 1. The van der Waals surface area contributed by atoms with E-state index < -0.39 is 6.10 Å². The van der Waals surface area contributed by atoms with Crippen LogP contribution >= 0.6 is 22.9 Å². The largest absolute Gasteiger partial charge is 0.389 e. The lowest BCUT2D eigenvalue weighted by atomic mass is 9.90. The third-order valence-corrected chi connectivity index (χ3v) is 6.89. The molecule has 0 radical (unpaired) electrons. The van der Waals surface area contributed by atoms with Gasteiger partial charge in [-0.2, -0.15) is 0 Å². The van der Waals surface area contributed by atoms with E-state index in [9.17, 15) is 9.90 Å². The van der Waals surface area contributed by atoms with Crippen molar-refractivity contribution in [2.24, 2.45) is 0 Å². The smallest absolute Gasteiger partial charge is 0.264 e. The van der Waals surface area contributed by atoms with E-state index in [-0.39, 0.29) is 24.5 Å². The molecule has 29 heavy (non-hydrogen) atoms. The fourth-order valence-electron chi connectivity index (χ4n) is 4.03. The number of benzene rings is 1. The first-order valence-corrected chi connectivity index (χ1v) is 11.1. The molecule has 1 aliphatic heterocycles. The maximum absolute atomic E-state index is 13.2. The fraction of sp³-hybridized carbons (Fsp3) is 0.381. The Kier molecular flexibility index (Phi) is 4.89. The molecule has 3 heterocycles. The molecule has 1 saturated carbocycles. The Labute approximate surface area is 177 Å². The van der Waals surface area contributed by atoms with Crippen molar-refractivity contribution in [2.45, 2.75) is 43.4 Å². The number of rotatable bonds is 4. The number of hydrogen-bond donors (Lipinski definition) is 1. The van der Waals surface area contributed by atoms with Crippen LogP contribution in [0.15, 0.2) is 48.0 Å². The summed E-state index contributed by atoms with van der Waals surface area (Å²) in [6, 6.07) is 10.9. The van der Waals surface area contributed by atoms with E-state index in [1.165, 1.54) is 11.3 Å². The van der Waals surface area contributed by atoms with Crippen molar-refractivity contribution in [2.75, 3.05) is 6.54 Å². The van der Waals surface area contributed by atoms with Crippen LogP contribution in [0.2, 0.25) is 5.02 Å². The van der Waals surface area contributed by atoms with E-state index in [0.29, 0.717) is 22.2 Å². The molecule has 150 valence electrons. The van der Waals surface area contributed by atoms with Gasteiger partial charge in [0.2, 0.25) is 0 Å². The minimum absolute atomic E-state index is 0.0605. The summed E-state index contributed by atoms with van der Waals surface area (Å²) in [4.78, 5) is 15.6. The second-order valence-electron chi connectivity index (χ2n) is 7.77. The molecule has 0 unspecified atom stereocenters. The average Bonchev–Trinajstić information content (AvgIpc) is 3.22. The summed E-state index contributed by atoms with van der Waals surface area (Å²) in [7, 11) is 0. The lowest BCUT2D eigenvalue weighted by Gasteiger charge is -2.42. The molecule has 1 N–H and O–H groups in total. The minimum atomic E-state index is -0.712. The van der Waals surface area contributed by atoms with Crippen LogP contribution in [-0.2, 0) is 0 Å². The maximum atomic E-state index is 13.2. The molecule has 3 aromatic rings. The first kappa shape index (κ1) is 18.8. The molecule has 0 bridgehead atoms. The second kappa shape index (κ2) is 7.55. The van der Waals surface area contributed by atoms with Crippen molar-refractivity contribution in [3.8, 4) is 0 Å². The number of aliphatic hydroxyl groups is 1. The number of aromatic nitrogens is 3. The van der Waals surface area contributed by atoms with E-state index in [1.54, 1.807) is 9.58 Å². The summed E-state index contributed by atoms with van der Waals surface area (Å²) in [5, 5.41) is 22.1. The molecule has 2 aliphatic rings. The Hall–Kier alpha value is -2.22. The Morgan fingerprint density at radius 3 is 2.69 bits per heavy atom. The van der Waals surface area contributed by atoms with Crippen molar-refractivity contribution in [1.82, 2.24) is 19.9 Å². The van der Waals surface area contributed by atoms with Gasteiger partial charge in [-0.3, -0.25) is 4.79 Å². The lowest BCUT2D eigenvalue weighted by Crippen LogP contribution is -2.49. The zero-order valence-electron chi connectivity index (χ0n) is 15.7. The van der Waals surface area contributed by atoms with E-state index in [2.05, 4.69) is 10.3 Å². The standard InChI is InChI=1S/C21H21ClN4O2S/c22-15-7-5-14(6-8-15)17-10-18(26-11-16(23-24-26)13-3-4-13)19(27)12-25(17)21(28)20-2-1-9-29-20/h1-2,5-9,11,13,17-19,27H,3-4,10,12H2/t17-,18+,19+/m1/s1. The van der Waals surface area contributed by atoms with Crippen molar-refractivity contribution < 1.29 is 9.90 Å². The molecular weight excluding hydrogens is 408 g/mol. The number of carbonyl (C=O) groups is 1. The maximum Gasteiger partial charge on any atom is 0.264 e. The van der Waals surface area contributed by atoms with Gasteiger partial charge in [0.1, 0.15) is 0 Å². The number of nitrogens with zero attached hydrogens (tertiary/aromatic N) is 4. The third kappa shape index (κ3) is 3.70. The molecule has 8 heteroatoms. The van der Waals surface area contributed by atoms with E-state index in [4.69, 9.17) is 11.6 Å². The van der Waals surface area contributed by atoms with Gasteiger partial charge in [0.15, 0.2) is 0 Å². The molecule has 0 spiro atoms. The Balaban J connectivity index is 1.47. The highest BCUT2D eigenvalue weighted by Crippen LogP contribution is 2.41. The predicted octanol–water partition coefficient (Wildman–Crippen LogP) is 4.06. The summed E-state index contributed by atoms with van der Waals surface area (Å²) in [6.07, 6.45) is 4.12. The van der Waals surface area contributed by atoms with Gasteiger partial charge in [0, 0.05) is 23.7 Å². The molecule has 1 aromatic carbocycles. The zero-order chi connectivity index (χ0) is 20.0. The molecule has 6 nitrogen and oxygen atoms in total. The van der Waals surface area contributed by atoms with Crippen LogP contribution in [0.25, 0.3) is 0 Å². The average molecular weight is 429 g/mol. The zero-order valence-corrected chi connectivity index (χ0v) is 17.3. The summed E-state index contributed by atoms with van der Waals surface area (Å²) in [5.41, 5.74) is 2.00. The SMILES string of the molecule is O=C(c1cccs1)N1C[C@H](O)[C@@H](n2cc(C3CC3)nn2)C[C@@H]1c1ccc(Cl)cc1. The highest BCUT2D eigenvalue weighted by molar-refractivity contribution is 7.12. The summed E-state index contributed by atoms with van der Waals surface area (Å²) >= 11 is 7.49. The molecule has 1 amide bonds. The summed E-state index contributed by atoms with van der Waals surface area (Å²) < 4.78 is 1.79. The molecule has 1 aliphatic carbocycles. The molecule has 2 fully saturated rings. The van der Waals surface area contributed by atoms with E-state index in [0.717, 1.165) is 24.1 Å². The number of carbonyl (C=O) groups excluding carboxylic acids is 1. The van der Waals surface area contributed by atoms with Gasteiger partial charge in [-0.25, -0.2) is 4.68 Å². The Morgan fingerprint density at radius 2 is 2.00 bits per heavy atom. The highest BCUT2D eigenvalue weighted by atomic mass is 35.5. The number of amides is 1. The molecule has 2 aromatic heterocycles. The first-order valence-electron chi connectivity index (χ1n) is 9.80. The van der Waals surface area contributed by atoms with Crippen LogP contribution in [-0.4, -0.2) is 43.6 Å². The van der Waals surface area contributed by atoms with Gasteiger partial charge in [-0.05, 0) is 48.4 Å².